The highest BCUT2D eigenvalue weighted by Gasteiger charge is 2.26. The molecule has 0 fully saturated rings. The van der Waals surface area contributed by atoms with Crippen molar-refractivity contribution in [3.63, 3.8) is 0 Å². The van der Waals surface area contributed by atoms with Crippen LogP contribution in [0.1, 0.15) is 42.4 Å². The highest BCUT2D eigenvalue weighted by Crippen LogP contribution is 2.16. The fourth-order valence-electron chi connectivity index (χ4n) is 1.84. The number of nitrogens with zero attached hydrogens (tertiary/aromatic N) is 2. The molecule has 0 bridgehead atoms. The van der Waals surface area contributed by atoms with Gasteiger partial charge >= 0.3 is 0 Å². The first-order chi connectivity index (χ1) is 11.2. The molecule has 0 aliphatic rings. The Bertz CT molecular complexity index is 829. The molecule has 124 valence electrons. The van der Waals surface area contributed by atoms with Crippen LogP contribution in [-0.2, 0) is 0 Å². The number of amides is 1. The summed E-state index contributed by atoms with van der Waals surface area (Å²) >= 11 is 0. The summed E-state index contributed by atoms with van der Waals surface area (Å²) in [7, 11) is 1.60. The molecule has 24 heavy (non-hydrogen) atoms. The van der Waals surface area contributed by atoms with Crippen molar-refractivity contribution in [3.8, 4) is 11.8 Å². The highest BCUT2D eigenvalue weighted by atomic mass is 19.1. The van der Waals surface area contributed by atoms with Crippen LogP contribution in [0.4, 0.5) is 8.78 Å². The molecule has 0 aliphatic carbocycles. The SMILES string of the molecule is CN(C(=O)c1ncc(C#Cc2cccc(F)c2)cc1F)C(C)(C)C. The molecule has 0 aliphatic heterocycles. The fraction of sp³-hybridized carbons (Fsp3) is 0.263. The first-order valence-corrected chi connectivity index (χ1v) is 7.40. The van der Waals surface area contributed by atoms with E-state index in [-0.39, 0.29) is 5.69 Å². The summed E-state index contributed by atoms with van der Waals surface area (Å²) in [5.74, 6) is 3.82. The van der Waals surface area contributed by atoms with Gasteiger partial charge in [0.2, 0.25) is 0 Å². The Kier molecular flexibility index (Phi) is 4.99. The Morgan fingerprint density at radius 1 is 1.12 bits per heavy atom. The van der Waals surface area contributed by atoms with Crippen LogP contribution >= 0.6 is 0 Å². The van der Waals surface area contributed by atoms with E-state index in [0.29, 0.717) is 11.1 Å². The summed E-state index contributed by atoms with van der Waals surface area (Å²) in [6.07, 6.45) is 1.33. The molecule has 0 atom stereocenters. The number of carbonyl (C=O) groups excluding carboxylic acids is 1. The lowest BCUT2D eigenvalue weighted by molar-refractivity contribution is 0.0644. The van der Waals surface area contributed by atoms with E-state index >= 15 is 0 Å². The van der Waals surface area contributed by atoms with Crippen LogP contribution in [0.2, 0.25) is 0 Å². The van der Waals surface area contributed by atoms with Crippen molar-refractivity contribution in [1.82, 2.24) is 9.88 Å². The first kappa shape index (κ1) is 17.6. The van der Waals surface area contributed by atoms with Crippen molar-refractivity contribution in [2.75, 3.05) is 7.05 Å². The van der Waals surface area contributed by atoms with Gasteiger partial charge in [0.1, 0.15) is 5.82 Å². The van der Waals surface area contributed by atoms with Gasteiger partial charge in [-0.25, -0.2) is 13.8 Å². The van der Waals surface area contributed by atoms with Gasteiger partial charge in [0.15, 0.2) is 11.5 Å². The third-order valence-electron chi connectivity index (χ3n) is 3.53. The minimum atomic E-state index is -0.734. The highest BCUT2D eigenvalue weighted by molar-refractivity contribution is 5.92. The standard InChI is InChI=1S/C19H18F2N2O/c1-19(2,3)23(4)18(24)17-16(21)11-14(12-22-17)9-8-13-6-5-7-15(20)10-13/h5-7,10-12H,1-4H3. The summed E-state index contributed by atoms with van der Waals surface area (Å²) in [5, 5.41) is 0. The van der Waals surface area contributed by atoms with Gasteiger partial charge in [0, 0.05) is 29.9 Å². The van der Waals surface area contributed by atoms with Gasteiger partial charge in [-0.15, -0.1) is 0 Å². The Balaban J connectivity index is 2.26. The van der Waals surface area contributed by atoms with Crippen molar-refractivity contribution >= 4 is 5.91 Å². The zero-order valence-corrected chi connectivity index (χ0v) is 14.0. The molecule has 0 radical (unpaired) electrons. The summed E-state index contributed by atoms with van der Waals surface area (Å²) < 4.78 is 27.3. The number of hydrogen-bond donors (Lipinski definition) is 0. The van der Waals surface area contributed by atoms with Gasteiger partial charge in [-0.05, 0) is 45.0 Å². The van der Waals surface area contributed by atoms with E-state index in [1.807, 2.05) is 20.8 Å². The van der Waals surface area contributed by atoms with Crippen LogP contribution in [0.3, 0.4) is 0 Å². The first-order valence-electron chi connectivity index (χ1n) is 7.40. The molecular formula is C19H18F2N2O. The predicted molar refractivity (Wildman–Crippen MR) is 88.4 cm³/mol. The minimum Gasteiger partial charge on any atom is -0.335 e. The number of aromatic nitrogens is 1. The molecule has 1 aromatic carbocycles. The molecule has 2 rings (SSSR count). The fourth-order valence-corrected chi connectivity index (χ4v) is 1.84. The average molecular weight is 328 g/mol. The van der Waals surface area contributed by atoms with Crippen LogP contribution in [0, 0.1) is 23.5 Å². The van der Waals surface area contributed by atoms with Gasteiger partial charge in [-0.1, -0.05) is 17.9 Å². The lowest BCUT2D eigenvalue weighted by Gasteiger charge is -2.31. The van der Waals surface area contributed by atoms with Gasteiger partial charge < -0.3 is 4.90 Å². The maximum atomic E-state index is 14.2. The quantitative estimate of drug-likeness (QED) is 0.749. The second kappa shape index (κ2) is 6.79. The number of carbonyl (C=O) groups is 1. The summed E-state index contributed by atoms with van der Waals surface area (Å²) in [5.41, 5.74) is 0.0969. The summed E-state index contributed by atoms with van der Waals surface area (Å²) in [6.45, 7) is 5.55. The normalized spacial score (nSPS) is 10.8. The molecule has 0 spiro atoms. The maximum Gasteiger partial charge on any atom is 0.275 e. The van der Waals surface area contributed by atoms with Gasteiger partial charge in [0.05, 0.1) is 0 Å². The number of halogens is 2. The van der Waals surface area contributed by atoms with Crippen LogP contribution in [-0.4, -0.2) is 28.4 Å². The topological polar surface area (TPSA) is 33.2 Å². The van der Waals surface area contributed by atoms with Crippen LogP contribution in [0.5, 0.6) is 0 Å². The number of benzene rings is 1. The number of rotatable bonds is 1. The molecule has 1 heterocycles. The maximum absolute atomic E-state index is 14.2. The molecule has 0 unspecified atom stereocenters. The van der Waals surface area contributed by atoms with Crippen molar-refractivity contribution < 1.29 is 13.6 Å². The van der Waals surface area contributed by atoms with Gasteiger partial charge in [0.25, 0.3) is 5.91 Å². The Labute approximate surface area is 140 Å². The molecular weight excluding hydrogens is 310 g/mol. The van der Waals surface area contributed by atoms with E-state index in [9.17, 15) is 13.6 Å². The van der Waals surface area contributed by atoms with E-state index in [1.165, 1.54) is 23.2 Å². The van der Waals surface area contributed by atoms with Gasteiger partial charge in [-0.2, -0.15) is 0 Å². The minimum absolute atomic E-state index is 0.247. The molecule has 1 aromatic heterocycles. The van der Waals surface area contributed by atoms with Crippen molar-refractivity contribution in [1.29, 1.82) is 0 Å². The lowest BCUT2D eigenvalue weighted by atomic mass is 10.1. The molecule has 0 saturated carbocycles. The van der Waals surface area contributed by atoms with Crippen molar-refractivity contribution in [2.24, 2.45) is 0 Å². The Morgan fingerprint density at radius 2 is 1.79 bits per heavy atom. The van der Waals surface area contributed by atoms with Crippen molar-refractivity contribution in [3.05, 3.63) is 65.0 Å². The second-order valence-electron chi connectivity index (χ2n) is 6.35. The lowest BCUT2D eigenvalue weighted by Crippen LogP contribution is -2.43. The third-order valence-corrected chi connectivity index (χ3v) is 3.53. The van der Waals surface area contributed by atoms with E-state index in [0.717, 1.165) is 6.07 Å². The van der Waals surface area contributed by atoms with E-state index in [1.54, 1.807) is 19.2 Å². The molecule has 2 aromatic rings. The Morgan fingerprint density at radius 3 is 2.38 bits per heavy atom. The van der Waals surface area contributed by atoms with E-state index in [2.05, 4.69) is 16.8 Å². The second-order valence-corrected chi connectivity index (χ2v) is 6.35. The smallest absolute Gasteiger partial charge is 0.275 e. The monoisotopic (exact) mass is 328 g/mol. The van der Waals surface area contributed by atoms with E-state index in [4.69, 9.17) is 0 Å². The molecule has 3 nitrogen and oxygen atoms in total. The average Bonchev–Trinajstić information content (AvgIpc) is 2.51. The predicted octanol–water partition coefficient (Wildman–Crippen LogP) is 3.63. The third kappa shape index (κ3) is 4.17. The molecule has 1 amide bonds. The van der Waals surface area contributed by atoms with Crippen molar-refractivity contribution in [2.45, 2.75) is 26.3 Å². The zero-order chi connectivity index (χ0) is 17.9. The molecule has 0 N–H and O–H groups in total. The number of pyridine rings is 1. The van der Waals surface area contributed by atoms with Crippen LogP contribution in [0.15, 0.2) is 36.5 Å². The molecule has 0 saturated heterocycles. The summed E-state index contributed by atoms with van der Waals surface area (Å²) in [4.78, 5) is 17.6. The Hall–Kier alpha value is -2.74. The number of hydrogen-bond acceptors (Lipinski definition) is 2. The zero-order valence-electron chi connectivity index (χ0n) is 14.0. The van der Waals surface area contributed by atoms with E-state index < -0.39 is 23.1 Å². The molecule has 5 heteroatoms. The van der Waals surface area contributed by atoms with Gasteiger partial charge in [-0.3, -0.25) is 4.79 Å². The summed E-state index contributed by atoms with van der Waals surface area (Å²) in [6, 6.07) is 6.95. The van der Waals surface area contributed by atoms with Crippen LogP contribution in [0.25, 0.3) is 0 Å². The van der Waals surface area contributed by atoms with Crippen LogP contribution < -0.4 is 0 Å². The largest absolute Gasteiger partial charge is 0.335 e.